The van der Waals surface area contributed by atoms with Crippen molar-refractivity contribution in [2.45, 2.75) is 31.1 Å². The molecule has 0 aromatic heterocycles. The Balaban J connectivity index is 1.91. The second kappa shape index (κ2) is 7.11. The second-order valence-corrected chi connectivity index (χ2v) is 7.07. The van der Waals surface area contributed by atoms with Gasteiger partial charge in [-0.3, -0.25) is 9.59 Å². The van der Waals surface area contributed by atoms with Crippen LogP contribution in [0.4, 0.5) is 0 Å². The molecule has 3 rings (SSSR count). The van der Waals surface area contributed by atoms with Crippen molar-refractivity contribution in [3.63, 3.8) is 0 Å². The number of carbonyl (C=O) groups is 2. The Kier molecular flexibility index (Phi) is 5.11. The number of hydrogen-bond acceptors (Lipinski definition) is 3. The Labute approximate surface area is 146 Å². The molecule has 0 radical (unpaired) electrons. The molecule has 2 fully saturated rings. The Morgan fingerprint density at radius 2 is 2.04 bits per heavy atom. The SMILES string of the molecule is O=C(O)C1CCCN(C(=O)C2(c3cccc(Cl)c3)CCOCC2)C1. The Bertz CT molecular complexity index is 627. The van der Waals surface area contributed by atoms with Crippen LogP contribution in [-0.4, -0.2) is 48.2 Å². The molecule has 2 aliphatic heterocycles. The van der Waals surface area contributed by atoms with Crippen molar-refractivity contribution < 1.29 is 19.4 Å². The molecule has 2 heterocycles. The number of aliphatic carboxylic acids is 1. The maximum atomic E-state index is 13.4. The Hall–Kier alpha value is -1.59. The molecule has 0 aliphatic carbocycles. The molecule has 0 spiro atoms. The minimum atomic E-state index is -0.823. The number of halogens is 1. The van der Waals surface area contributed by atoms with Crippen LogP contribution in [0.1, 0.15) is 31.2 Å². The number of nitrogens with zero attached hydrogens (tertiary/aromatic N) is 1. The summed E-state index contributed by atoms with van der Waals surface area (Å²) in [5.41, 5.74) is 0.240. The van der Waals surface area contributed by atoms with E-state index in [1.807, 2.05) is 18.2 Å². The number of ether oxygens (including phenoxy) is 1. The number of rotatable bonds is 3. The van der Waals surface area contributed by atoms with E-state index in [4.69, 9.17) is 16.3 Å². The zero-order chi connectivity index (χ0) is 17.2. The van der Waals surface area contributed by atoms with E-state index < -0.39 is 17.3 Å². The molecule has 1 atom stereocenters. The summed E-state index contributed by atoms with van der Waals surface area (Å²) >= 11 is 6.15. The first-order chi connectivity index (χ1) is 11.5. The lowest BCUT2D eigenvalue weighted by molar-refractivity contribution is -0.149. The molecule has 1 aromatic rings. The van der Waals surface area contributed by atoms with Crippen molar-refractivity contribution in [1.29, 1.82) is 0 Å². The standard InChI is InChI=1S/C18H22ClNO4/c19-15-5-1-4-14(11-15)18(6-9-24-10-7-18)17(23)20-8-2-3-13(12-20)16(21)22/h1,4-5,11,13H,2-3,6-10,12H2,(H,21,22). The third-order valence-corrected chi connectivity index (χ3v) is 5.43. The van der Waals surface area contributed by atoms with Gasteiger partial charge in [-0.1, -0.05) is 23.7 Å². The number of piperidine rings is 1. The number of amides is 1. The minimum Gasteiger partial charge on any atom is -0.481 e. The van der Waals surface area contributed by atoms with Crippen molar-refractivity contribution in [2.75, 3.05) is 26.3 Å². The largest absolute Gasteiger partial charge is 0.481 e. The van der Waals surface area contributed by atoms with Gasteiger partial charge in [0.1, 0.15) is 0 Å². The number of benzene rings is 1. The predicted octanol–water partition coefficient (Wildman–Crippen LogP) is 2.71. The fraction of sp³-hybridized carbons (Fsp3) is 0.556. The number of likely N-dealkylation sites (tertiary alicyclic amines) is 1. The van der Waals surface area contributed by atoms with Gasteiger partial charge in [-0.05, 0) is 43.4 Å². The highest BCUT2D eigenvalue weighted by Crippen LogP contribution is 2.38. The van der Waals surface area contributed by atoms with Crippen molar-refractivity contribution in [1.82, 2.24) is 4.90 Å². The van der Waals surface area contributed by atoms with Gasteiger partial charge in [-0.2, -0.15) is 0 Å². The summed E-state index contributed by atoms with van der Waals surface area (Å²) in [6, 6.07) is 7.44. The maximum Gasteiger partial charge on any atom is 0.308 e. The van der Waals surface area contributed by atoms with Crippen LogP contribution < -0.4 is 0 Å². The molecule has 2 aliphatic rings. The summed E-state index contributed by atoms with van der Waals surface area (Å²) in [5.74, 6) is -1.28. The number of carboxylic acid groups (broad SMARTS) is 1. The lowest BCUT2D eigenvalue weighted by Gasteiger charge is -2.42. The number of hydrogen-bond donors (Lipinski definition) is 1. The van der Waals surface area contributed by atoms with E-state index in [1.165, 1.54) is 0 Å². The Morgan fingerprint density at radius 3 is 2.71 bits per heavy atom. The van der Waals surface area contributed by atoms with Crippen LogP contribution in [0, 0.1) is 5.92 Å². The molecule has 1 amide bonds. The van der Waals surface area contributed by atoms with Gasteiger partial charge in [-0.15, -0.1) is 0 Å². The zero-order valence-corrected chi connectivity index (χ0v) is 14.3. The van der Waals surface area contributed by atoms with Gasteiger partial charge in [0.2, 0.25) is 5.91 Å². The summed E-state index contributed by atoms with van der Waals surface area (Å²) in [6.45, 7) is 1.95. The highest BCUT2D eigenvalue weighted by Gasteiger charge is 2.45. The molecule has 24 heavy (non-hydrogen) atoms. The van der Waals surface area contributed by atoms with Gasteiger partial charge >= 0.3 is 5.97 Å². The highest BCUT2D eigenvalue weighted by molar-refractivity contribution is 6.30. The second-order valence-electron chi connectivity index (χ2n) is 6.63. The molecule has 1 aromatic carbocycles. The monoisotopic (exact) mass is 351 g/mol. The first-order valence-corrected chi connectivity index (χ1v) is 8.77. The van der Waals surface area contributed by atoms with Gasteiger partial charge in [0.15, 0.2) is 0 Å². The van der Waals surface area contributed by atoms with Crippen molar-refractivity contribution >= 4 is 23.5 Å². The third kappa shape index (κ3) is 3.28. The maximum absolute atomic E-state index is 13.4. The number of carbonyl (C=O) groups excluding carboxylic acids is 1. The topological polar surface area (TPSA) is 66.8 Å². The zero-order valence-electron chi connectivity index (χ0n) is 13.5. The quantitative estimate of drug-likeness (QED) is 0.909. The van der Waals surface area contributed by atoms with E-state index in [-0.39, 0.29) is 12.5 Å². The van der Waals surface area contributed by atoms with E-state index in [0.29, 0.717) is 44.0 Å². The lowest BCUT2D eigenvalue weighted by Crippen LogP contribution is -2.53. The van der Waals surface area contributed by atoms with Gasteiger partial charge in [0.05, 0.1) is 11.3 Å². The van der Waals surface area contributed by atoms with Crippen LogP contribution in [0.15, 0.2) is 24.3 Å². The summed E-state index contributed by atoms with van der Waals surface area (Å²) < 4.78 is 5.48. The molecular weight excluding hydrogens is 330 g/mol. The van der Waals surface area contributed by atoms with Crippen LogP contribution in [0.25, 0.3) is 0 Å². The smallest absolute Gasteiger partial charge is 0.308 e. The van der Waals surface area contributed by atoms with Crippen LogP contribution >= 0.6 is 11.6 Å². The molecule has 1 N–H and O–H groups in total. The molecule has 1 unspecified atom stereocenters. The van der Waals surface area contributed by atoms with Gasteiger partial charge < -0.3 is 14.7 Å². The molecular formula is C18H22ClNO4. The average molecular weight is 352 g/mol. The van der Waals surface area contributed by atoms with E-state index in [0.717, 1.165) is 12.0 Å². The summed E-state index contributed by atoms with van der Waals surface area (Å²) in [6.07, 6.45) is 2.55. The van der Waals surface area contributed by atoms with Crippen molar-refractivity contribution in [3.8, 4) is 0 Å². The summed E-state index contributed by atoms with van der Waals surface area (Å²) in [4.78, 5) is 26.4. The molecule has 0 saturated carbocycles. The van der Waals surface area contributed by atoms with Crippen molar-refractivity contribution in [3.05, 3.63) is 34.9 Å². The fourth-order valence-corrected chi connectivity index (χ4v) is 3.99. The van der Waals surface area contributed by atoms with E-state index in [9.17, 15) is 14.7 Å². The first kappa shape index (κ1) is 17.2. The minimum absolute atomic E-state index is 0.0130. The first-order valence-electron chi connectivity index (χ1n) is 8.39. The summed E-state index contributed by atoms with van der Waals surface area (Å²) in [7, 11) is 0. The summed E-state index contributed by atoms with van der Waals surface area (Å²) in [5, 5.41) is 9.90. The molecule has 130 valence electrons. The predicted molar refractivity (Wildman–Crippen MR) is 90.1 cm³/mol. The molecule has 2 saturated heterocycles. The van der Waals surface area contributed by atoms with Gasteiger partial charge in [0.25, 0.3) is 0 Å². The van der Waals surface area contributed by atoms with Crippen LogP contribution in [0.3, 0.4) is 0 Å². The molecule has 6 heteroatoms. The fourth-order valence-electron chi connectivity index (χ4n) is 3.80. The van der Waals surface area contributed by atoms with Gasteiger partial charge in [-0.25, -0.2) is 0 Å². The third-order valence-electron chi connectivity index (χ3n) is 5.19. The van der Waals surface area contributed by atoms with Gasteiger partial charge in [0, 0.05) is 31.3 Å². The van der Waals surface area contributed by atoms with Crippen LogP contribution in [0.5, 0.6) is 0 Å². The van der Waals surface area contributed by atoms with Crippen LogP contribution in [0.2, 0.25) is 5.02 Å². The van der Waals surface area contributed by atoms with Crippen molar-refractivity contribution in [2.24, 2.45) is 5.92 Å². The van der Waals surface area contributed by atoms with E-state index >= 15 is 0 Å². The highest BCUT2D eigenvalue weighted by atomic mass is 35.5. The van der Waals surface area contributed by atoms with E-state index in [1.54, 1.807) is 11.0 Å². The average Bonchev–Trinajstić information content (AvgIpc) is 2.61. The van der Waals surface area contributed by atoms with E-state index in [2.05, 4.69) is 0 Å². The number of carboxylic acids is 1. The lowest BCUT2D eigenvalue weighted by atomic mass is 9.72. The molecule has 5 nitrogen and oxygen atoms in total. The Morgan fingerprint density at radius 1 is 1.29 bits per heavy atom. The van der Waals surface area contributed by atoms with Crippen LogP contribution in [-0.2, 0) is 19.7 Å². The normalized spacial score (nSPS) is 23.7. The molecule has 0 bridgehead atoms.